The second kappa shape index (κ2) is 13.9. The number of hydrogen-bond acceptors (Lipinski definition) is 0. The molecule has 0 unspecified atom stereocenters. The van der Waals surface area contributed by atoms with Gasteiger partial charge < -0.3 is 4.48 Å². The molecule has 0 spiro atoms. The molecular weight excluding hydrogens is 669 g/mol. The van der Waals surface area contributed by atoms with Crippen LogP contribution in [0.5, 0.6) is 0 Å². The van der Waals surface area contributed by atoms with Crippen molar-refractivity contribution >= 4 is 61.7 Å². The van der Waals surface area contributed by atoms with Gasteiger partial charge in [0, 0.05) is 32.3 Å². The number of halogens is 3. The number of nitrogens with zero attached hydrogens (tertiary/aromatic N) is 1. The molecule has 0 aliphatic carbocycles. The van der Waals surface area contributed by atoms with Crippen molar-refractivity contribution in [2.75, 3.05) is 13.1 Å². The van der Waals surface area contributed by atoms with Gasteiger partial charge in [-0.15, -0.1) is 17.0 Å². The summed E-state index contributed by atoms with van der Waals surface area (Å²) in [5.41, 5.74) is 10.6. The molecular formula is C42H41BrCl2N+. The average Bonchev–Trinajstić information content (AvgIpc) is 3.21. The van der Waals surface area contributed by atoms with Crippen LogP contribution in [-0.2, 0) is 13.1 Å². The van der Waals surface area contributed by atoms with Crippen LogP contribution in [0.3, 0.4) is 0 Å². The van der Waals surface area contributed by atoms with Gasteiger partial charge in [-0.2, -0.15) is 0 Å². The van der Waals surface area contributed by atoms with Gasteiger partial charge in [0.25, 0.3) is 0 Å². The van der Waals surface area contributed by atoms with Crippen molar-refractivity contribution < 1.29 is 4.48 Å². The third-order valence-corrected chi connectivity index (χ3v) is 10.3. The molecule has 234 valence electrons. The average molecular weight is 711 g/mol. The Kier molecular flexibility index (Phi) is 9.92. The minimum absolute atomic E-state index is 0. The molecule has 0 saturated carbocycles. The summed E-state index contributed by atoms with van der Waals surface area (Å²) in [6.07, 6.45) is 4.77. The minimum atomic E-state index is 0. The highest BCUT2D eigenvalue weighted by Crippen LogP contribution is 2.50. The largest absolute Gasteiger partial charge is 0.316 e. The fourth-order valence-corrected chi connectivity index (χ4v) is 8.03. The van der Waals surface area contributed by atoms with Gasteiger partial charge in [0.15, 0.2) is 0 Å². The van der Waals surface area contributed by atoms with Crippen LogP contribution in [0, 0.1) is 0 Å². The number of quaternary nitrogens is 1. The molecule has 1 aliphatic rings. The summed E-state index contributed by atoms with van der Waals surface area (Å²) in [7, 11) is 0. The molecule has 1 nitrogen and oxygen atoms in total. The van der Waals surface area contributed by atoms with Gasteiger partial charge in [0.2, 0.25) is 0 Å². The van der Waals surface area contributed by atoms with Crippen molar-refractivity contribution in [3.63, 3.8) is 0 Å². The molecule has 1 aliphatic heterocycles. The van der Waals surface area contributed by atoms with Crippen molar-refractivity contribution in [3.8, 4) is 33.4 Å². The predicted octanol–water partition coefficient (Wildman–Crippen LogP) is 13.3. The van der Waals surface area contributed by atoms with Gasteiger partial charge in [-0.1, -0.05) is 123 Å². The van der Waals surface area contributed by atoms with Gasteiger partial charge in [-0.25, -0.2) is 0 Å². The zero-order valence-electron chi connectivity index (χ0n) is 26.7. The molecule has 4 heteroatoms. The van der Waals surface area contributed by atoms with Gasteiger partial charge in [-0.3, -0.25) is 0 Å². The Labute approximate surface area is 294 Å². The first-order valence-electron chi connectivity index (χ1n) is 16.5. The third-order valence-electron chi connectivity index (χ3n) is 9.79. The molecule has 7 rings (SSSR count). The molecule has 0 amide bonds. The number of hydrogen-bond donors (Lipinski definition) is 0. The van der Waals surface area contributed by atoms with Gasteiger partial charge in [0.05, 0.1) is 13.1 Å². The van der Waals surface area contributed by atoms with Crippen molar-refractivity contribution in [2.24, 2.45) is 0 Å². The fraction of sp³-hybridized carbons (Fsp3) is 0.238. The van der Waals surface area contributed by atoms with E-state index in [1.165, 1.54) is 91.7 Å². The summed E-state index contributed by atoms with van der Waals surface area (Å²) in [5.74, 6) is 0. The summed E-state index contributed by atoms with van der Waals surface area (Å²) in [6.45, 7) is 8.93. The van der Waals surface area contributed by atoms with E-state index in [9.17, 15) is 0 Å². The molecule has 0 bridgehead atoms. The predicted molar refractivity (Wildman–Crippen MR) is 205 cm³/mol. The molecule has 0 saturated heterocycles. The Morgan fingerprint density at radius 3 is 1.39 bits per heavy atom. The maximum absolute atomic E-state index is 6.67. The van der Waals surface area contributed by atoms with Crippen LogP contribution in [-0.4, -0.2) is 17.6 Å². The lowest BCUT2D eigenvalue weighted by Crippen LogP contribution is -2.47. The first-order valence-corrected chi connectivity index (χ1v) is 17.2. The van der Waals surface area contributed by atoms with E-state index in [1.54, 1.807) is 0 Å². The maximum Gasteiger partial charge on any atom is 0.106 e. The Hall–Kier alpha value is -3.14. The first-order chi connectivity index (χ1) is 22.0. The van der Waals surface area contributed by atoms with E-state index in [-0.39, 0.29) is 17.0 Å². The molecule has 6 aromatic carbocycles. The topological polar surface area (TPSA) is 0 Å². The molecule has 1 heterocycles. The normalized spacial score (nSPS) is 13.6. The van der Waals surface area contributed by atoms with Gasteiger partial charge >= 0.3 is 0 Å². The molecule has 46 heavy (non-hydrogen) atoms. The van der Waals surface area contributed by atoms with E-state index in [0.29, 0.717) is 0 Å². The van der Waals surface area contributed by atoms with Crippen molar-refractivity contribution in [1.29, 1.82) is 0 Å². The molecule has 6 aromatic rings. The number of fused-ring (bicyclic) bond motifs is 7. The van der Waals surface area contributed by atoms with Crippen LogP contribution in [0.15, 0.2) is 109 Å². The van der Waals surface area contributed by atoms with E-state index < -0.39 is 0 Å². The van der Waals surface area contributed by atoms with Crippen LogP contribution in [0.1, 0.15) is 50.7 Å². The van der Waals surface area contributed by atoms with Crippen LogP contribution in [0.2, 0.25) is 10.0 Å². The van der Waals surface area contributed by atoms with E-state index in [1.807, 2.05) is 12.1 Å². The SMILES string of the molecule is Br.CCCC[N+]1(CCCC)Cc2c(-c3cccc(Cl)c3)cc3ccccc3c2-c2c(c(-c3cccc(Cl)c3)cc3ccccc23)C1. The van der Waals surface area contributed by atoms with E-state index >= 15 is 0 Å². The second-order valence-electron chi connectivity index (χ2n) is 12.8. The van der Waals surface area contributed by atoms with Gasteiger partial charge in [0.1, 0.15) is 13.1 Å². The Bertz CT molecular complexity index is 1880. The maximum atomic E-state index is 6.67. The van der Waals surface area contributed by atoms with Crippen LogP contribution in [0.25, 0.3) is 54.9 Å². The van der Waals surface area contributed by atoms with Gasteiger partial charge in [-0.05, 0) is 93.0 Å². The number of benzene rings is 6. The van der Waals surface area contributed by atoms with Crippen molar-refractivity contribution in [2.45, 2.75) is 52.6 Å². The monoisotopic (exact) mass is 708 g/mol. The zero-order chi connectivity index (χ0) is 31.0. The summed E-state index contributed by atoms with van der Waals surface area (Å²) >= 11 is 13.3. The number of unbranched alkanes of at least 4 members (excludes halogenated alkanes) is 2. The Morgan fingerprint density at radius 1 is 0.543 bits per heavy atom. The van der Waals surface area contributed by atoms with E-state index in [0.717, 1.165) is 40.7 Å². The summed E-state index contributed by atoms with van der Waals surface area (Å²) < 4.78 is 1.04. The van der Waals surface area contributed by atoms with Crippen LogP contribution < -0.4 is 0 Å². The lowest BCUT2D eigenvalue weighted by Gasteiger charge is -2.39. The summed E-state index contributed by atoms with van der Waals surface area (Å²) in [6, 6.07) is 39.7. The highest BCUT2D eigenvalue weighted by atomic mass is 79.9. The first kappa shape index (κ1) is 32.8. The highest BCUT2D eigenvalue weighted by Gasteiger charge is 2.37. The third kappa shape index (κ3) is 6.14. The smallest absolute Gasteiger partial charge is 0.106 e. The summed E-state index contributed by atoms with van der Waals surface area (Å²) in [4.78, 5) is 0. The van der Waals surface area contributed by atoms with E-state index in [2.05, 4.69) is 111 Å². The molecule has 0 atom stereocenters. The van der Waals surface area contributed by atoms with Crippen LogP contribution in [0.4, 0.5) is 0 Å². The lowest BCUT2D eigenvalue weighted by molar-refractivity contribution is -0.953. The molecule has 0 fully saturated rings. The molecule has 0 N–H and O–H groups in total. The quantitative estimate of drug-likeness (QED) is 0.138. The fourth-order valence-electron chi connectivity index (χ4n) is 7.65. The van der Waals surface area contributed by atoms with Crippen molar-refractivity contribution in [3.05, 3.63) is 130 Å². The standard InChI is InChI=1S/C42H40Cl2N.BrH/c1-3-5-21-45(22-6-4-2)27-39-37(29-15-11-17-33(43)23-29)25-31-13-7-9-19-35(31)41(39)42-36-20-10-8-14-32(36)26-38(40(42)28-45)30-16-12-18-34(44)24-30;/h7-20,23-26H,3-6,21-22,27-28H2,1-2H3;1H/q+1;. The lowest BCUT2D eigenvalue weighted by atomic mass is 9.82. The second-order valence-corrected chi connectivity index (χ2v) is 13.7. The van der Waals surface area contributed by atoms with Crippen molar-refractivity contribution in [1.82, 2.24) is 0 Å². The Morgan fingerprint density at radius 2 is 0.978 bits per heavy atom. The Balaban J connectivity index is 0.00000372. The van der Waals surface area contributed by atoms with E-state index in [4.69, 9.17) is 23.2 Å². The molecule has 0 radical (unpaired) electrons. The number of rotatable bonds is 8. The van der Waals surface area contributed by atoms with Crippen LogP contribution >= 0.6 is 40.2 Å². The molecule has 0 aromatic heterocycles. The summed E-state index contributed by atoms with van der Waals surface area (Å²) in [5, 5.41) is 6.70. The zero-order valence-corrected chi connectivity index (χ0v) is 29.9. The minimum Gasteiger partial charge on any atom is -0.316 e. The highest BCUT2D eigenvalue weighted by molar-refractivity contribution is 8.93.